The Kier molecular flexibility index (Phi) is 2.19. The van der Waals surface area contributed by atoms with E-state index >= 15 is 0 Å². The van der Waals surface area contributed by atoms with Crippen molar-refractivity contribution in [1.29, 1.82) is 0 Å². The highest BCUT2D eigenvalue weighted by molar-refractivity contribution is 6.36. The minimum absolute atomic E-state index is 0.713. The molecule has 0 aromatic heterocycles. The van der Waals surface area contributed by atoms with E-state index in [-0.39, 0.29) is 0 Å². The second-order valence-corrected chi connectivity index (χ2v) is 3.83. The molecule has 13 heavy (non-hydrogen) atoms. The lowest BCUT2D eigenvalue weighted by atomic mass is 10.1. The van der Waals surface area contributed by atoms with E-state index in [0.29, 0.717) is 5.02 Å². The second-order valence-electron chi connectivity index (χ2n) is 2.99. The second kappa shape index (κ2) is 3.21. The first-order valence-electron chi connectivity index (χ1n) is 3.94. The fraction of sp³-hybridized carbons (Fsp3) is 0.0909. The van der Waals surface area contributed by atoms with Gasteiger partial charge >= 0.3 is 0 Å². The Morgan fingerprint density at radius 3 is 2.69 bits per heavy atom. The van der Waals surface area contributed by atoms with Crippen molar-refractivity contribution in [3.8, 4) is 0 Å². The lowest BCUT2D eigenvalue weighted by Crippen LogP contribution is -1.78. The zero-order valence-electron chi connectivity index (χ0n) is 7.07. The highest BCUT2D eigenvalue weighted by Crippen LogP contribution is 2.26. The Bertz CT molecular complexity index is 456. The van der Waals surface area contributed by atoms with E-state index in [4.69, 9.17) is 23.2 Å². The Balaban J connectivity index is 2.86. The molecule has 2 rings (SSSR count). The van der Waals surface area contributed by atoms with Crippen molar-refractivity contribution in [2.45, 2.75) is 6.92 Å². The fourth-order valence-corrected chi connectivity index (χ4v) is 1.85. The van der Waals surface area contributed by atoms with E-state index in [1.807, 2.05) is 31.2 Å². The van der Waals surface area contributed by atoms with E-state index in [0.717, 1.165) is 21.4 Å². The maximum absolute atomic E-state index is 6.05. The summed E-state index contributed by atoms with van der Waals surface area (Å²) < 4.78 is 0. The Morgan fingerprint density at radius 1 is 1.15 bits per heavy atom. The van der Waals surface area contributed by atoms with Crippen molar-refractivity contribution in [2.75, 3.05) is 0 Å². The van der Waals surface area contributed by atoms with Crippen LogP contribution in [0.2, 0.25) is 10.0 Å². The highest BCUT2D eigenvalue weighted by atomic mass is 35.5. The molecule has 0 saturated carbocycles. The Hall–Kier alpha value is -0.720. The molecule has 2 aromatic rings. The molecule has 65 valence electrons. The highest BCUT2D eigenvalue weighted by Gasteiger charge is 2.00. The molecule has 0 spiro atoms. The van der Waals surface area contributed by atoms with Crippen LogP contribution in [0.15, 0.2) is 24.3 Å². The molecule has 0 N–H and O–H groups in total. The zero-order valence-corrected chi connectivity index (χ0v) is 8.58. The van der Waals surface area contributed by atoms with Crippen LogP contribution in [0.1, 0.15) is 5.56 Å². The van der Waals surface area contributed by atoms with Crippen LogP contribution in [0.25, 0.3) is 10.8 Å². The topological polar surface area (TPSA) is 0 Å². The first kappa shape index (κ1) is 8.86. The molecule has 0 unspecified atom stereocenters. The molecule has 0 aliphatic carbocycles. The van der Waals surface area contributed by atoms with Gasteiger partial charge in [0.05, 0.1) is 0 Å². The quantitative estimate of drug-likeness (QED) is 0.609. The number of rotatable bonds is 0. The van der Waals surface area contributed by atoms with E-state index in [9.17, 15) is 0 Å². The van der Waals surface area contributed by atoms with Gasteiger partial charge in [-0.25, -0.2) is 0 Å². The number of aryl methyl sites for hydroxylation is 1. The number of fused-ring (bicyclic) bond motifs is 1. The number of benzene rings is 2. The van der Waals surface area contributed by atoms with Gasteiger partial charge in [0, 0.05) is 15.4 Å². The summed E-state index contributed by atoms with van der Waals surface area (Å²) >= 11 is 11.9. The number of hydrogen-bond acceptors (Lipinski definition) is 0. The molecule has 0 aliphatic heterocycles. The Morgan fingerprint density at radius 2 is 1.92 bits per heavy atom. The van der Waals surface area contributed by atoms with Crippen LogP contribution in [0.5, 0.6) is 0 Å². The molecule has 1 radical (unpaired) electrons. The van der Waals surface area contributed by atoms with Crippen LogP contribution in [0.3, 0.4) is 0 Å². The van der Waals surface area contributed by atoms with Gasteiger partial charge in [-0.15, -0.1) is 0 Å². The van der Waals surface area contributed by atoms with E-state index < -0.39 is 0 Å². The summed E-state index contributed by atoms with van der Waals surface area (Å²) in [4.78, 5) is 0. The summed E-state index contributed by atoms with van der Waals surface area (Å²) in [6.45, 7) is 1.96. The molecule has 0 amide bonds. The Labute approximate surface area is 87.1 Å². The van der Waals surface area contributed by atoms with Crippen molar-refractivity contribution in [3.05, 3.63) is 45.9 Å². The van der Waals surface area contributed by atoms with Crippen LogP contribution in [0.4, 0.5) is 0 Å². The van der Waals surface area contributed by atoms with Gasteiger partial charge in [-0.3, -0.25) is 0 Å². The molecular weight excluding hydrogens is 203 g/mol. The summed E-state index contributed by atoms with van der Waals surface area (Å²) in [6.07, 6.45) is 0. The van der Waals surface area contributed by atoms with Crippen molar-refractivity contribution in [2.24, 2.45) is 0 Å². The van der Waals surface area contributed by atoms with Crippen LogP contribution < -0.4 is 0 Å². The smallest absolute Gasteiger partial charge is 0.0487 e. The SMILES string of the molecule is Cc1[c]c2cc(Cl)ccc2c(Cl)c1. The van der Waals surface area contributed by atoms with Crippen molar-refractivity contribution in [3.63, 3.8) is 0 Å². The molecule has 2 aromatic carbocycles. The average molecular weight is 210 g/mol. The zero-order chi connectivity index (χ0) is 9.42. The van der Waals surface area contributed by atoms with Crippen molar-refractivity contribution < 1.29 is 0 Å². The van der Waals surface area contributed by atoms with Crippen molar-refractivity contribution >= 4 is 34.0 Å². The van der Waals surface area contributed by atoms with Gasteiger partial charge in [-0.2, -0.15) is 0 Å². The van der Waals surface area contributed by atoms with E-state index in [1.165, 1.54) is 0 Å². The van der Waals surface area contributed by atoms with Gasteiger partial charge < -0.3 is 0 Å². The number of halogens is 2. The summed E-state index contributed by atoms with van der Waals surface area (Å²) in [5, 5.41) is 3.43. The van der Waals surface area contributed by atoms with Crippen LogP contribution in [0, 0.1) is 13.0 Å². The third-order valence-electron chi connectivity index (χ3n) is 1.91. The maximum atomic E-state index is 6.05. The largest absolute Gasteiger partial charge is 0.0843 e. The van der Waals surface area contributed by atoms with Gasteiger partial charge in [0.15, 0.2) is 0 Å². The molecule has 0 bridgehead atoms. The molecule has 0 saturated heterocycles. The monoisotopic (exact) mass is 209 g/mol. The van der Waals surface area contributed by atoms with Crippen LogP contribution in [-0.2, 0) is 0 Å². The van der Waals surface area contributed by atoms with Gasteiger partial charge in [0.25, 0.3) is 0 Å². The van der Waals surface area contributed by atoms with E-state index in [2.05, 4.69) is 6.07 Å². The normalized spacial score (nSPS) is 10.7. The average Bonchev–Trinajstić information content (AvgIpc) is 2.02. The first-order valence-corrected chi connectivity index (χ1v) is 4.70. The summed E-state index contributed by atoms with van der Waals surface area (Å²) in [6, 6.07) is 10.7. The van der Waals surface area contributed by atoms with E-state index in [1.54, 1.807) is 0 Å². The summed E-state index contributed by atoms with van der Waals surface area (Å²) in [7, 11) is 0. The van der Waals surface area contributed by atoms with Gasteiger partial charge in [-0.1, -0.05) is 29.3 Å². The van der Waals surface area contributed by atoms with Crippen LogP contribution >= 0.6 is 23.2 Å². The molecule has 0 aliphatic rings. The number of hydrogen-bond donors (Lipinski definition) is 0. The summed E-state index contributed by atoms with van der Waals surface area (Å²) in [5.74, 6) is 0. The third-order valence-corrected chi connectivity index (χ3v) is 2.46. The first-order chi connectivity index (χ1) is 6.16. The lowest BCUT2D eigenvalue weighted by Gasteiger charge is -2.02. The molecule has 0 heterocycles. The minimum atomic E-state index is 0.713. The fourth-order valence-electron chi connectivity index (χ4n) is 1.34. The van der Waals surface area contributed by atoms with Crippen LogP contribution in [-0.4, -0.2) is 0 Å². The minimum Gasteiger partial charge on any atom is -0.0843 e. The molecule has 2 heteroatoms. The lowest BCUT2D eigenvalue weighted by molar-refractivity contribution is 1.49. The van der Waals surface area contributed by atoms with Gasteiger partial charge in [-0.05, 0) is 42.1 Å². The van der Waals surface area contributed by atoms with Gasteiger partial charge in [0.1, 0.15) is 0 Å². The molecule has 0 atom stereocenters. The van der Waals surface area contributed by atoms with Gasteiger partial charge in [0.2, 0.25) is 0 Å². The standard InChI is InChI=1S/C11H7Cl2/c1-7-4-8-6-9(12)2-3-10(8)11(13)5-7/h2-3,5-6H,1H3. The predicted molar refractivity (Wildman–Crippen MR) is 57.5 cm³/mol. The van der Waals surface area contributed by atoms with Crippen molar-refractivity contribution in [1.82, 2.24) is 0 Å². The third kappa shape index (κ3) is 1.65. The maximum Gasteiger partial charge on any atom is 0.0487 e. The predicted octanol–water partition coefficient (Wildman–Crippen LogP) is 4.26. The molecule has 0 fully saturated rings. The molecule has 0 nitrogen and oxygen atoms in total. The summed E-state index contributed by atoms with van der Waals surface area (Å²) in [5.41, 5.74) is 1.03. The molecular formula is C11H7Cl2.